The number of hydrogen-bond acceptors (Lipinski definition) is 5. The predicted octanol–water partition coefficient (Wildman–Crippen LogP) is 5.60. The lowest BCUT2D eigenvalue weighted by atomic mass is 9.87. The molecule has 8 nitrogen and oxygen atoms in total. The van der Waals surface area contributed by atoms with Crippen molar-refractivity contribution in [3.05, 3.63) is 98.7 Å². The SMILES string of the molecule is CCOC(=O)[C@@H]1Cc2c([nH]c3ccccc23)C(c2cccc(O)c2)N1C(=O)c1cc(Cl)c(Cl)cc1C(=O)O. The van der Waals surface area contributed by atoms with Crippen LogP contribution >= 0.6 is 23.2 Å². The molecular formula is C28H22Cl2N2O6. The molecule has 0 aliphatic carbocycles. The second-order valence-electron chi connectivity index (χ2n) is 8.86. The minimum absolute atomic E-state index is 0.00934. The third-order valence-electron chi connectivity index (χ3n) is 6.63. The monoisotopic (exact) mass is 552 g/mol. The quantitative estimate of drug-likeness (QED) is 0.277. The predicted molar refractivity (Wildman–Crippen MR) is 142 cm³/mol. The average Bonchev–Trinajstić information content (AvgIpc) is 3.26. The second-order valence-corrected chi connectivity index (χ2v) is 9.68. The summed E-state index contributed by atoms with van der Waals surface area (Å²) in [4.78, 5) is 44.4. The van der Waals surface area contributed by atoms with Crippen LogP contribution in [-0.2, 0) is 16.0 Å². The molecule has 1 aliphatic heterocycles. The molecule has 1 aliphatic rings. The fourth-order valence-corrected chi connectivity index (χ4v) is 5.37. The summed E-state index contributed by atoms with van der Waals surface area (Å²) in [6, 6.07) is 14.2. The highest BCUT2D eigenvalue weighted by molar-refractivity contribution is 6.42. The third-order valence-corrected chi connectivity index (χ3v) is 7.35. The first kappa shape index (κ1) is 25.6. The molecule has 10 heteroatoms. The Labute approximate surface area is 227 Å². The molecular weight excluding hydrogens is 531 g/mol. The van der Waals surface area contributed by atoms with Gasteiger partial charge in [0.05, 0.1) is 33.8 Å². The van der Waals surface area contributed by atoms with Crippen LogP contribution in [0.2, 0.25) is 10.0 Å². The van der Waals surface area contributed by atoms with Gasteiger partial charge in [-0.3, -0.25) is 4.79 Å². The van der Waals surface area contributed by atoms with Crippen LogP contribution in [0, 0.1) is 0 Å². The number of H-pyrrole nitrogens is 1. The molecule has 2 atom stereocenters. The van der Waals surface area contributed by atoms with Crippen molar-refractivity contribution in [2.45, 2.75) is 25.4 Å². The highest BCUT2D eigenvalue weighted by Crippen LogP contribution is 2.43. The Morgan fingerprint density at radius 3 is 2.42 bits per heavy atom. The van der Waals surface area contributed by atoms with Crippen LogP contribution in [0.5, 0.6) is 5.75 Å². The lowest BCUT2D eigenvalue weighted by Gasteiger charge is -2.41. The number of carbonyl (C=O) groups is 3. The zero-order valence-electron chi connectivity index (χ0n) is 20.1. The number of aromatic carboxylic acids is 1. The van der Waals surface area contributed by atoms with Gasteiger partial charge in [-0.1, -0.05) is 53.5 Å². The van der Waals surface area contributed by atoms with E-state index in [1.807, 2.05) is 24.3 Å². The number of fused-ring (bicyclic) bond motifs is 3. The number of halogens is 2. The maximum absolute atomic E-state index is 14.3. The van der Waals surface area contributed by atoms with E-state index < -0.39 is 29.9 Å². The van der Waals surface area contributed by atoms with Crippen LogP contribution in [-0.4, -0.2) is 50.6 Å². The van der Waals surface area contributed by atoms with Crippen LogP contribution in [0.1, 0.15) is 50.5 Å². The molecule has 1 amide bonds. The first-order chi connectivity index (χ1) is 18.2. The van der Waals surface area contributed by atoms with E-state index in [0.717, 1.165) is 22.5 Å². The maximum atomic E-state index is 14.3. The topological polar surface area (TPSA) is 120 Å². The van der Waals surface area contributed by atoms with Crippen molar-refractivity contribution in [2.24, 2.45) is 0 Å². The van der Waals surface area contributed by atoms with E-state index >= 15 is 0 Å². The number of carboxylic acids is 1. The number of aromatic nitrogens is 1. The van der Waals surface area contributed by atoms with Crippen LogP contribution in [0.15, 0.2) is 60.7 Å². The van der Waals surface area contributed by atoms with Gasteiger partial charge in [-0.05, 0) is 48.4 Å². The number of phenolic OH excluding ortho intramolecular Hbond substituents is 1. The number of rotatable bonds is 5. The molecule has 4 aromatic rings. The summed E-state index contributed by atoms with van der Waals surface area (Å²) in [7, 11) is 0. The zero-order valence-corrected chi connectivity index (χ0v) is 21.6. The number of phenols is 1. The summed E-state index contributed by atoms with van der Waals surface area (Å²) >= 11 is 12.3. The Hall–Kier alpha value is -4.01. The minimum atomic E-state index is -1.38. The fourth-order valence-electron chi connectivity index (χ4n) is 5.04. The highest BCUT2D eigenvalue weighted by Gasteiger charge is 2.45. The van der Waals surface area contributed by atoms with Crippen molar-refractivity contribution in [1.82, 2.24) is 9.88 Å². The number of esters is 1. The molecule has 0 radical (unpaired) electrons. The molecule has 3 N–H and O–H groups in total. The van der Waals surface area contributed by atoms with Crippen LogP contribution < -0.4 is 0 Å². The molecule has 0 bridgehead atoms. The van der Waals surface area contributed by atoms with Gasteiger partial charge in [0.15, 0.2) is 0 Å². The third kappa shape index (κ3) is 4.36. The molecule has 0 fully saturated rings. The summed E-state index contributed by atoms with van der Waals surface area (Å²) in [5.41, 5.74) is 2.19. The lowest BCUT2D eigenvalue weighted by Crippen LogP contribution is -2.52. The first-order valence-electron chi connectivity index (χ1n) is 11.8. The van der Waals surface area contributed by atoms with E-state index in [1.165, 1.54) is 23.1 Å². The number of aromatic hydroxyl groups is 1. The molecule has 0 saturated heterocycles. The maximum Gasteiger partial charge on any atom is 0.336 e. The van der Waals surface area contributed by atoms with Crippen molar-refractivity contribution >= 4 is 52.0 Å². The van der Waals surface area contributed by atoms with E-state index in [4.69, 9.17) is 27.9 Å². The number of nitrogens with one attached hydrogen (secondary N) is 1. The lowest BCUT2D eigenvalue weighted by molar-refractivity contribution is -0.149. The molecule has 2 heterocycles. The van der Waals surface area contributed by atoms with E-state index in [2.05, 4.69) is 4.98 Å². The van der Waals surface area contributed by atoms with Crippen molar-refractivity contribution in [2.75, 3.05) is 6.61 Å². The molecule has 0 spiro atoms. The van der Waals surface area contributed by atoms with Crippen molar-refractivity contribution in [3.8, 4) is 5.75 Å². The van der Waals surface area contributed by atoms with Gasteiger partial charge in [0.2, 0.25) is 0 Å². The summed E-state index contributed by atoms with van der Waals surface area (Å²) < 4.78 is 5.37. The van der Waals surface area contributed by atoms with Crippen LogP contribution in [0.25, 0.3) is 10.9 Å². The summed E-state index contributed by atoms with van der Waals surface area (Å²) in [5, 5.41) is 21.0. The number of ether oxygens (including phenoxy) is 1. The number of carboxylic acid groups (broad SMARTS) is 1. The molecule has 194 valence electrons. The Bertz CT molecular complexity index is 1600. The molecule has 1 aromatic heterocycles. The van der Waals surface area contributed by atoms with Crippen molar-refractivity contribution < 1.29 is 29.3 Å². The Balaban J connectivity index is 1.79. The smallest absolute Gasteiger partial charge is 0.336 e. The number of para-hydroxylation sites is 1. The second kappa shape index (κ2) is 10.0. The van der Waals surface area contributed by atoms with Gasteiger partial charge in [-0.25, -0.2) is 9.59 Å². The van der Waals surface area contributed by atoms with E-state index in [0.29, 0.717) is 11.3 Å². The number of benzene rings is 3. The van der Waals surface area contributed by atoms with Gasteiger partial charge in [-0.2, -0.15) is 0 Å². The van der Waals surface area contributed by atoms with Gasteiger partial charge in [0.1, 0.15) is 11.8 Å². The highest BCUT2D eigenvalue weighted by atomic mass is 35.5. The minimum Gasteiger partial charge on any atom is -0.508 e. The normalized spacial score (nSPS) is 16.8. The molecule has 3 aromatic carbocycles. The van der Waals surface area contributed by atoms with Crippen molar-refractivity contribution in [1.29, 1.82) is 0 Å². The van der Waals surface area contributed by atoms with E-state index in [1.54, 1.807) is 19.1 Å². The standard InChI is InChI=1S/C28H22Cl2N2O6/c1-2-38-28(37)23-13-17-16-8-3-4-9-22(16)31-24(17)25(14-6-5-7-15(33)10-14)32(23)26(34)18-11-20(29)21(30)12-19(18)27(35)36/h3-12,23,25,31,33H,2,13H2,1H3,(H,35,36)/t23-,25?/m0/s1. The van der Waals surface area contributed by atoms with Gasteiger partial charge in [0.25, 0.3) is 5.91 Å². The molecule has 5 rings (SSSR count). The van der Waals surface area contributed by atoms with Gasteiger partial charge < -0.3 is 24.8 Å². The van der Waals surface area contributed by atoms with E-state index in [-0.39, 0.29) is 39.9 Å². The van der Waals surface area contributed by atoms with Crippen molar-refractivity contribution in [3.63, 3.8) is 0 Å². The van der Waals surface area contributed by atoms with E-state index in [9.17, 15) is 24.6 Å². The number of aromatic amines is 1. The summed E-state index contributed by atoms with van der Waals surface area (Å²) in [6.45, 7) is 1.75. The van der Waals surface area contributed by atoms with Gasteiger partial charge in [0, 0.05) is 23.0 Å². The molecule has 38 heavy (non-hydrogen) atoms. The first-order valence-corrected chi connectivity index (χ1v) is 12.6. The summed E-state index contributed by atoms with van der Waals surface area (Å²) in [5.74, 6) is -2.81. The zero-order chi connectivity index (χ0) is 27.1. The largest absolute Gasteiger partial charge is 0.508 e. The number of carbonyl (C=O) groups excluding carboxylic acids is 2. The van der Waals surface area contributed by atoms with Gasteiger partial charge in [-0.15, -0.1) is 0 Å². The number of nitrogens with zero attached hydrogens (tertiary/aromatic N) is 1. The Morgan fingerprint density at radius 2 is 1.74 bits per heavy atom. The average molecular weight is 553 g/mol. The molecule has 0 saturated carbocycles. The number of hydrogen-bond donors (Lipinski definition) is 3. The Kier molecular flexibility index (Phi) is 6.77. The summed E-state index contributed by atoms with van der Waals surface area (Å²) in [6.07, 6.45) is 0.128. The Morgan fingerprint density at radius 1 is 1.03 bits per heavy atom. The number of amides is 1. The van der Waals surface area contributed by atoms with Crippen LogP contribution in [0.4, 0.5) is 0 Å². The van der Waals surface area contributed by atoms with Gasteiger partial charge >= 0.3 is 11.9 Å². The van der Waals surface area contributed by atoms with Crippen LogP contribution in [0.3, 0.4) is 0 Å². The fraction of sp³-hybridized carbons (Fsp3) is 0.179. The molecule has 1 unspecified atom stereocenters.